The second kappa shape index (κ2) is 8.65. The number of aromatic nitrogens is 4. The molecule has 3 heterocycles. The van der Waals surface area contributed by atoms with Crippen molar-refractivity contribution in [3.8, 4) is 5.75 Å². The van der Waals surface area contributed by atoms with E-state index in [-0.39, 0.29) is 5.95 Å². The van der Waals surface area contributed by atoms with Crippen LogP contribution in [0.25, 0.3) is 11.0 Å². The molecule has 0 amide bonds. The standard InChI is InChI=1S/C21H29N7O/c1-3-4-9-24-20-19-17(25-21(22)26-20)13-28(27-19)12-15-8-7-14(11-18(15)29-2)16-6-5-10-23-16/h7-8,11,13,16,23H,3-6,9-10,12H2,1-2H3,(H3,22,24,25,26). The van der Waals surface area contributed by atoms with E-state index in [1.807, 2.05) is 10.9 Å². The summed E-state index contributed by atoms with van der Waals surface area (Å²) in [5.74, 6) is 1.82. The number of rotatable bonds is 8. The van der Waals surface area contributed by atoms with Gasteiger partial charge in [-0.05, 0) is 37.4 Å². The highest BCUT2D eigenvalue weighted by atomic mass is 16.5. The number of unbranched alkanes of at least 4 members (excludes halogenated alkanes) is 1. The van der Waals surface area contributed by atoms with Crippen LogP contribution in [-0.4, -0.2) is 39.9 Å². The van der Waals surface area contributed by atoms with Gasteiger partial charge in [0.05, 0.1) is 19.9 Å². The van der Waals surface area contributed by atoms with Gasteiger partial charge in [0.2, 0.25) is 5.95 Å². The Hall–Kier alpha value is -2.87. The predicted octanol–water partition coefficient (Wildman–Crippen LogP) is 3.10. The summed E-state index contributed by atoms with van der Waals surface area (Å²) >= 11 is 0. The Bertz CT molecular complexity index is 979. The molecule has 0 spiro atoms. The Kier molecular flexibility index (Phi) is 5.80. The maximum Gasteiger partial charge on any atom is 0.222 e. The van der Waals surface area contributed by atoms with E-state index in [0.717, 1.165) is 48.3 Å². The molecule has 4 N–H and O–H groups in total. The van der Waals surface area contributed by atoms with E-state index in [1.165, 1.54) is 18.4 Å². The van der Waals surface area contributed by atoms with E-state index in [9.17, 15) is 0 Å². The van der Waals surface area contributed by atoms with Crippen molar-refractivity contribution in [1.29, 1.82) is 0 Å². The molecule has 4 rings (SSSR count). The largest absolute Gasteiger partial charge is 0.496 e. The Morgan fingerprint density at radius 3 is 3.00 bits per heavy atom. The lowest BCUT2D eigenvalue weighted by atomic mass is 10.0. The highest BCUT2D eigenvalue weighted by Crippen LogP contribution is 2.29. The number of nitrogen functional groups attached to an aromatic ring is 1. The molecule has 1 fully saturated rings. The molecule has 1 saturated heterocycles. The van der Waals surface area contributed by atoms with E-state index in [1.54, 1.807) is 7.11 Å². The molecule has 1 aromatic carbocycles. The molecule has 1 atom stereocenters. The van der Waals surface area contributed by atoms with Gasteiger partial charge >= 0.3 is 0 Å². The molecule has 8 nitrogen and oxygen atoms in total. The van der Waals surface area contributed by atoms with Crippen molar-refractivity contribution in [2.24, 2.45) is 0 Å². The van der Waals surface area contributed by atoms with Crippen LogP contribution in [0.1, 0.15) is 49.8 Å². The molecule has 8 heteroatoms. The minimum absolute atomic E-state index is 0.252. The van der Waals surface area contributed by atoms with Crippen LogP contribution in [0.3, 0.4) is 0 Å². The number of nitrogens with zero attached hydrogens (tertiary/aromatic N) is 4. The summed E-state index contributed by atoms with van der Waals surface area (Å²) in [6.45, 7) is 4.65. The first kappa shape index (κ1) is 19.4. The third-order valence-corrected chi connectivity index (χ3v) is 5.36. The summed E-state index contributed by atoms with van der Waals surface area (Å²) in [6, 6.07) is 6.86. The van der Waals surface area contributed by atoms with Gasteiger partial charge in [0.1, 0.15) is 11.3 Å². The summed E-state index contributed by atoms with van der Waals surface area (Å²) < 4.78 is 7.54. The molecule has 3 aromatic rings. The fourth-order valence-electron chi connectivity index (χ4n) is 3.82. The monoisotopic (exact) mass is 395 g/mol. The van der Waals surface area contributed by atoms with Crippen LogP contribution in [0.5, 0.6) is 5.75 Å². The van der Waals surface area contributed by atoms with Gasteiger partial charge in [-0.1, -0.05) is 25.5 Å². The molecule has 0 radical (unpaired) electrons. The molecule has 0 bridgehead atoms. The van der Waals surface area contributed by atoms with Crippen molar-refractivity contribution in [3.63, 3.8) is 0 Å². The van der Waals surface area contributed by atoms with Gasteiger partial charge in [0, 0.05) is 18.2 Å². The van der Waals surface area contributed by atoms with E-state index in [2.05, 4.69) is 45.7 Å². The van der Waals surface area contributed by atoms with Crippen LogP contribution in [0.15, 0.2) is 24.4 Å². The average Bonchev–Trinajstić information content (AvgIpc) is 3.38. The first-order valence-electron chi connectivity index (χ1n) is 10.3. The topological polar surface area (TPSA) is 103 Å². The SMILES string of the molecule is CCCCNc1nc(N)nc2cn(Cc3ccc(C4CCCN4)cc3OC)nc12. The van der Waals surface area contributed by atoms with Crippen LogP contribution in [-0.2, 0) is 6.54 Å². The zero-order chi connectivity index (χ0) is 20.2. The minimum atomic E-state index is 0.252. The van der Waals surface area contributed by atoms with Gasteiger partial charge in [-0.25, -0.2) is 4.98 Å². The maximum absolute atomic E-state index is 5.89. The molecular weight excluding hydrogens is 366 g/mol. The van der Waals surface area contributed by atoms with E-state index >= 15 is 0 Å². The average molecular weight is 396 g/mol. The number of benzene rings is 1. The molecule has 0 saturated carbocycles. The van der Waals surface area contributed by atoms with Gasteiger partial charge in [-0.2, -0.15) is 10.1 Å². The number of hydrogen-bond donors (Lipinski definition) is 3. The number of hydrogen-bond acceptors (Lipinski definition) is 7. The first-order chi connectivity index (χ1) is 14.2. The Labute approximate surface area is 170 Å². The van der Waals surface area contributed by atoms with Crippen molar-refractivity contribution in [3.05, 3.63) is 35.5 Å². The molecule has 1 aliphatic heterocycles. The van der Waals surface area contributed by atoms with Gasteiger partial charge in [-0.15, -0.1) is 0 Å². The van der Waals surface area contributed by atoms with Gasteiger partial charge in [0.15, 0.2) is 11.3 Å². The lowest BCUT2D eigenvalue weighted by Gasteiger charge is -2.15. The van der Waals surface area contributed by atoms with Gasteiger partial charge in [0.25, 0.3) is 0 Å². The number of nitrogens with two attached hydrogens (primary N) is 1. The lowest BCUT2D eigenvalue weighted by Crippen LogP contribution is -2.13. The minimum Gasteiger partial charge on any atom is -0.496 e. The summed E-state index contributed by atoms with van der Waals surface area (Å²) in [5.41, 5.74) is 9.71. The number of ether oxygens (including phenoxy) is 1. The summed E-state index contributed by atoms with van der Waals surface area (Å²) in [4.78, 5) is 8.67. The maximum atomic E-state index is 5.89. The van der Waals surface area contributed by atoms with E-state index in [4.69, 9.17) is 15.6 Å². The third-order valence-electron chi connectivity index (χ3n) is 5.36. The van der Waals surface area contributed by atoms with Gasteiger partial charge < -0.3 is 21.1 Å². The lowest BCUT2D eigenvalue weighted by molar-refractivity contribution is 0.406. The molecule has 154 valence electrons. The molecule has 1 unspecified atom stereocenters. The molecule has 0 aliphatic carbocycles. The van der Waals surface area contributed by atoms with Crippen LogP contribution >= 0.6 is 0 Å². The molecule has 2 aromatic heterocycles. The van der Waals surface area contributed by atoms with Crippen molar-refractivity contribution in [2.45, 2.75) is 45.2 Å². The van der Waals surface area contributed by atoms with Crippen molar-refractivity contribution >= 4 is 22.8 Å². The highest BCUT2D eigenvalue weighted by Gasteiger charge is 2.18. The predicted molar refractivity (Wildman–Crippen MR) is 115 cm³/mol. The Morgan fingerprint density at radius 2 is 2.24 bits per heavy atom. The van der Waals surface area contributed by atoms with Crippen LogP contribution in [0.2, 0.25) is 0 Å². The fourth-order valence-corrected chi connectivity index (χ4v) is 3.82. The van der Waals surface area contributed by atoms with E-state index in [0.29, 0.717) is 18.4 Å². The fraction of sp³-hybridized carbons (Fsp3) is 0.476. The smallest absolute Gasteiger partial charge is 0.222 e. The normalized spacial score (nSPS) is 16.4. The molecule has 1 aliphatic rings. The van der Waals surface area contributed by atoms with Crippen molar-refractivity contribution in [2.75, 3.05) is 31.2 Å². The Balaban J connectivity index is 1.59. The summed E-state index contributed by atoms with van der Waals surface area (Å²) in [5, 5.41) is 11.6. The van der Waals surface area contributed by atoms with Crippen molar-refractivity contribution in [1.82, 2.24) is 25.1 Å². The number of anilines is 2. The number of nitrogens with one attached hydrogen (secondary N) is 2. The second-order valence-electron chi connectivity index (χ2n) is 7.49. The van der Waals surface area contributed by atoms with Gasteiger partial charge in [-0.3, -0.25) is 4.68 Å². The zero-order valence-electron chi connectivity index (χ0n) is 17.1. The summed E-state index contributed by atoms with van der Waals surface area (Å²) in [6.07, 6.45) is 6.46. The first-order valence-corrected chi connectivity index (χ1v) is 10.3. The van der Waals surface area contributed by atoms with E-state index < -0.39 is 0 Å². The van der Waals surface area contributed by atoms with Crippen molar-refractivity contribution < 1.29 is 4.74 Å². The number of methoxy groups -OCH3 is 1. The zero-order valence-corrected chi connectivity index (χ0v) is 17.1. The highest BCUT2D eigenvalue weighted by molar-refractivity contribution is 5.85. The second-order valence-corrected chi connectivity index (χ2v) is 7.49. The van der Waals surface area contributed by atoms with Crippen LogP contribution < -0.4 is 21.1 Å². The molecular formula is C21H29N7O. The van der Waals surface area contributed by atoms with Crippen LogP contribution in [0.4, 0.5) is 11.8 Å². The third kappa shape index (κ3) is 4.27. The summed E-state index contributed by atoms with van der Waals surface area (Å²) in [7, 11) is 1.71. The van der Waals surface area contributed by atoms with Crippen LogP contribution in [0, 0.1) is 0 Å². The Morgan fingerprint density at radius 1 is 1.34 bits per heavy atom. The molecule has 29 heavy (non-hydrogen) atoms. The number of fused-ring (bicyclic) bond motifs is 1. The quantitative estimate of drug-likeness (QED) is 0.504.